The number of hydrogen-bond acceptors (Lipinski definition) is 11. The number of hydrogen-bond donors (Lipinski definition) is 2. The van der Waals surface area contributed by atoms with Crippen molar-refractivity contribution in [3.63, 3.8) is 0 Å². The summed E-state index contributed by atoms with van der Waals surface area (Å²) in [5.74, 6) is 1.39. The average Bonchev–Trinajstić information content (AvgIpc) is 4.03. The molecule has 8 aromatic rings. The lowest BCUT2D eigenvalue weighted by molar-refractivity contribution is -0.117. The molecule has 2 fully saturated rings. The summed E-state index contributed by atoms with van der Waals surface area (Å²) in [4.78, 5) is 30.4. The Bertz CT molecular complexity index is 2650. The second-order valence-electron chi connectivity index (χ2n) is 12.6. The van der Waals surface area contributed by atoms with E-state index in [1.165, 1.54) is 0 Å². The molecule has 2 aliphatic rings. The Hall–Kier alpha value is -5.04. The Kier molecular flexibility index (Phi) is 10.9. The number of anilines is 2. The van der Waals surface area contributed by atoms with E-state index in [4.69, 9.17) is 17.3 Å². The van der Waals surface area contributed by atoms with E-state index < -0.39 is 0 Å². The number of nitrogens with one attached hydrogen (secondary N) is 1. The van der Waals surface area contributed by atoms with Crippen LogP contribution in [0.5, 0.6) is 0 Å². The van der Waals surface area contributed by atoms with Crippen molar-refractivity contribution in [3.8, 4) is 0 Å². The first-order chi connectivity index (χ1) is 25.6. The number of carbonyl (C=O) groups excluding carboxylic acids is 2. The zero-order chi connectivity index (χ0) is 36.6. The number of fused-ring (bicyclic) bond motifs is 4. The van der Waals surface area contributed by atoms with Crippen LogP contribution in [0.15, 0.2) is 82.0 Å². The van der Waals surface area contributed by atoms with E-state index in [1.807, 2.05) is 65.3 Å². The number of halogens is 4. The van der Waals surface area contributed by atoms with Crippen molar-refractivity contribution in [2.45, 2.75) is 38.8 Å². The van der Waals surface area contributed by atoms with Gasteiger partial charge in [-0.2, -0.15) is 10.2 Å². The van der Waals surface area contributed by atoms with Crippen LogP contribution in [0.2, 0.25) is 0 Å². The van der Waals surface area contributed by atoms with Crippen molar-refractivity contribution < 1.29 is 9.59 Å². The molecule has 0 aliphatic heterocycles. The van der Waals surface area contributed by atoms with Gasteiger partial charge in [0.05, 0.1) is 47.9 Å². The third kappa shape index (κ3) is 8.67. The van der Waals surface area contributed by atoms with Gasteiger partial charge in [-0.3, -0.25) is 9.59 Å². The highest BCUT2D eigenvalue weighted by Crippen LogP contribution is 2.31. The van der Waals surface area contributed by atoms with Crippen LogP contribution in [0, 0.1) is 11.8 Å². The quantitative estimate of drug-likeness (QED) is 0.176. The Balaban J connectivity index is 0.000000144. The highest BCUT2D eigenvalue weighted by Gasteiger charge is 2.30. The first-order valence-electron chi connectivity index (χ1n) is 16.6. The summed E-state index contributed by atoms with van der Waals surface area (Å²) in [5, 5.41) is 28.4. The van der Waals surface area contributed by atoms with E-state index in [1.54, 1.807) is 26.1 Å². The molecule has 0 saturated heterocycles. The first-order valence-corrected chi connectivity index (χ1v) is 18.6. The van der Waals surface area contributed by atoms with E-state index in [2.05, 4.69) is 78.0 Å². The van der Waals surface area contributed by atoms with Gasteiger partial charge < -0.3 is 11.1 Å². The first kappa shape index (κ1) is 37.3. The number of nitrogen functional groups attached to an aromatic ring is 1. The summed E-state index contributed by atoms with van der Waals surface area (Å²) in [6, 6.07) is 19.3. The van der Waals surface area contributed by atoms with Gasteiger partial charge in [-0.15, -0.1) is 22.6 Å². The molecule has 0 radical (unpaired) electrons. The van der Waals surface area contributed by atoms with Crippen LogP contribution < -0.4 is 11.1 Å². The molecule has 6 heterocycles. The van der Waals surface area contributed by atoms with Crippen molar-refractivity contribution in [1.82, 2.24) is 59.2 Å². The van der Waals surface area contributed by atoms with E-state index >= 15 is 0 Å². The van der Waals surface area contributed by atoms with Crippen LogP contribution in [0.25, 0.3) is 33.4 Å². The molecule has 2 saturated carbocycles. The number of imidazole rings is 2. The van der Waals surface area contributed by atoms with E-state index in [9.17, 15) is 9.59 Å². The maximum absolute atomic E-state index is 11.9. The Labute approximate surface area is 334 Å². The fourth-order valence-corrected chi connectivity index (χ4v) is 6.31. The molecule has 2 aliphatic carbocycles. The van der Waals surface area contributed by atoms with E-state index in [0.717, 1.165) is 73.7 Å². The summed E-state index contributed by atoms with van der Waals surface area (Å²) < 4.78 is 8.93. The van der Waals surface area contributed by atoms with Gasteiger partial charge >= 0.3 is 0 Å². The molecule has 20 heteroatoms. The normalized spacial score (nSPS) is 13.6. The zero-order valence-electron chi connectivity index (χ0n) is 28.1. The molecule has 0 bridgehead atoms. The Morgan fingerprint density at radius 3 is 1.76 bits per heavy atom. The average molecular weight is 897 g/mol. The van der Waals surface area contributed by atoms with Gasteiger partial charge in [0.25, 0.3) is 0 Å². The van der Waals surface area contributed by atoms with Crippen LogP contribution in [0.4, 0.5) is 11.6 Å². The maximum atomic E-state index is 11.9. The number of benzene rings is 2. The molecule has 3 N–H and O–H groups in total. The number of nitrogens with two attached hydrogens (primary N) is 1. The smallest absolute Gasteiger partial charge is 0.228 e. The van der Waals surface area contributed by atoms with Gasteiger partial charge in [-0.05, 0) is 97.9 Å². The minimum atomic E-state index is -0.157. The topological polar surface area (TPSA) is 194 Å². The molecule has 0 atom stereocenters. The SMILES string of the molecule is Cl.Nc1cn2nc(Cn3nnc4ccc(Br)cc43)ccc2n1.O=C(Cl)C1CC1.O=C(Nc1cn2nc(Cn3nnc4ccc(Br)cc43)ccc2n1)C1CC1. The number of amides is 1. The van der Waals surface area contributed by atoms with Crippen molar-refractivity contribution in [3.05, 3.63) is 93.4 Å². The fourth-order valence-electron chi connectivity index (χ4n) is 5.39. The van der Waals surface area contributed by atoms with E-state index in [0.29, 0.717) is 30.4 Å². The number of carbonyl (C=O) groups is 2. The van der Waals surface area contributed by atoms with E-state index in [-0.39, 0.29) is 35.4 Å². The minimum Gasteiger partial charge on any atom is -0.382 e. The maximum Gasteiger partial charge on any atom is 0.228 e. The Morgan fingerprint density at radius 1 is 0.741 bits per heavy atom. The van der Waals surface area contributed by atoms with Crippen molar-refractivity contribution in [2.75, 3.05) is 11.1 Å². The van der Waals surface area contributed by atoms with Crippen LogP contribution in [0.1, 0.15) is 37.1 Å². The van der Waals surface area contributed by atoms with Gasteiger partial charge in [0.2, 0.25) is 11.1 Å². The summed E-state index contributed by atoms with van der Waals surface area (Å²) in [6.45, 7) is 1.02. The lowest BCUT2D eigenvalue weighted by Crippen LogP contribution is -2.13. The zero-order valence-corrected chi connectivity index (χ0v) is 32.9. The van der Waals surface area contributed by atoms with Crippen molar-refractivity contribution >= 4 is 112 Å². The van der Waals surface area contributed by atoms with Crippen molar-refractivity contribution in [1.29, 1.82) is 0 Å². The van der Waals surface area contributed by atoms with Crippen LogP contribution in [-0.2, 0) is 22.7 Å². The second kappa shape index (κ2) is 15.7. The lowest BCUT2D eigenvalue weighted by Gasteiger charge is -2.03. The molecule has 0 spiro atoms. The minimum absolute atomic E-state index is 0. The molecule has 276 valence electrons. The third-order valence-corrected chi connectivity index (χ3v) is 9.74. The predicted octanol–water partition coefficient (Wildman–Crippen LogP) is 6.08. The number of aromatic nitrogens is 12. The molecule has 54 heavy (non-hydrogen) atoms. The predicted molar refractivity (Wildman–Crippen MR) is 211 cm³/mol. The molecule has 16 nitrogen and oxygen atoms in total. The molecular formula is C34H30Br2Cl2N14O2. The monoisotopic (exact) mass is 894 g/mol. The molecule has 0 unspecified atom stereocenters. The standard InChI is InChI=1S/C17H14BrN7O.C13H10BrN7.C4H5ClO.ClH/c18-11-3-5-13-14(7-11)24(23-21-13)8-12-4-6-16-19-15(9-25(16)22-12)20-17(26)10-1-2-10;14-8-1-3-10-11(5-8)20(19-17-10)6-9-2-4-13-16-12(15)7-21(13)18-9;5-4(6)3-1-2-3;/h3-7,9-10H,1-2,8H2,(H,20,26);1-5,7H,6,15H2;3H,1-2H2;1H. The summed E-state index contributed by atoms with van der Waals surface area (Å²) in [7, 11) is 0. The second-order valence-corrected chi connectivity index (χ2v) is 14.9. The fraction of sp³-hybridized carbons (Fsp3) is 0.235. The molecule has 2 aromatic carbocycles. The van der Waals surface area contributed by atoms with Gasteiger partial charge in [-0.1, -0.05) is 42.3 Å². The summed E-state index contributed by atoms with van der Waals surface area (Å²) in [5.41, 5.74) is 12.3. The lowest BCUT2D eigenvalue weighted by atomic mass is 10.3. The highest BCUT2D eigenvalue weighted by atomic mass is 79.9. The van der Waals surface area contributed by atoms with Gasteiger partial charge in [0.15, 0.2) is 17.1 Å². The van der Waals surface area contributed by atoms with Gasteiger partial charge in [0, 0.05) is 20.8 Å². The van der Waals surface area contributed by atoms with Crippen LogP contribution in [-0.4, -0.2) is 70.3 Å². The highest BCUT2D eigenvalue weighted by molar-refractivity contribution is 9.10. The van der Waals surface area contributed by atoms with Crippen molar-refractivity contribution in [2.24, 2.45) is 11.8 Å². The van der Waals surface area contributed by atoms with Gasteiger partial charge in [0.1, 0.15) is 16.9 Å². The molecule has 10 rings (SSSR count). The summed E-state index contributed by atoms with van der Waals surface area (Å²) in [6.07, 6.45) is 7.38. The van der Waals surface area contributed by atoms with Crippen LogP contribution >= 0.6 is 55.9 Å². The summed E-state index contributed by atoms with van der Waals surface area (Å²) >= 11 is 12.0. The van der Waals surface area contributed by atoms with Gasteiger partial charge in [-0.25, -0.2) is 28.4 Å². The molecular weight excluding hydrogens is 867 g/mol. The largest absolute Gasteiger partial charge is 0.382 e. The molecule has 1 amide bonds. The number of rotatable bonds is 7. The Morgan fingerprint density at radius 2 is 1.26 bits per heavy atom. The molecule has 6 aromatic heterocycles. The number of nitrogens with zero attached hydrogens (tertiary/aromatic N) is 12. The van der Waals surface area contributed by atoms with Crippen LogP contribution in [0.3, 0.4) is 0 Å². The third-order valence-electron chi connectivity index (χ3n) is 8.44.